The van der Waals surface area contributed by atoms with Gasteiger partial charge in [0.1, 0.15) is 5.75 Å². The summed E-state index contributed by atoms with van der Waals surface area (Å²) in [4.78, 5) is 12.9. The molecule has 0 unspecified atom stereocenters. The Kier molecular flexibility index (Phi) is 4.46. The Hall–Kier alpha value is -2.74. The minimum Gasteiger partial charge on any atom is -0.507 e. The summed E-state index contributed by atoms with van der Waals surface area (Å²) in [5.41, 5.74) is 6.16. The number of sulfonamides is 1. The van der Waals surface area contributed by atoms with Crippen molar-refractivity contribution in [1.82, 2.24) is 0 Å². The fraction of sp³-hybridized carbons (Fsp3) is 0.133. The van der Waals surface area contributed by atoms with Crippen LogP contribution in [0.25, 0.3) is 0 Å². The van der Waals surface area contributed by atoms with Crippen molar-refractivity contribution in [2.75, 3.05) is 23.7 Å². The van der Waals surface area contributed by atoms with Crippen LogP contribution in [0.1, 0.15) is 10.4 Å². The number of nitrogens with one attached hydrogen (secondary N) is 1. The van der Waals surface area contributed by atoms with E-state index in [0.29, 0.717) is 5.69 Å². The molecule has 0 atom stereocenters. The third-order valence-electron chi connectivity index (χ3n) is 3.18. The Morgan fingerprint density at radius 3 is 2.26 bits per heavy atom. The van der Waals surface area contributed by atoms with E-state index in [1.165, 1.54) is 6.07 Å². The third kappa shape index (κ3) is 3.72. The third-order valence-corrected chi connectivity index (χ3v) is 4.56. The van der Waals surface area contributed by atoms with Gasteiger partial charge in [-0.2, -0.15) is 0 Å². The van der Waals surface area contributed by atoms with Gasteiger partial charge < -0.3 is 15.7 Å². The number of anilines is 2. The van der Waals surface area contributed by atoms with Crippen LogP contribution < -0.4 is 15.4 Å². The van der Waals surface area contributed by atoms with Crippen molar-refractivity contribution in [3.8, 4) is 5.75 Å². The van der Waals surface area contributed by atoms with Gasteiger partial charge in [-0.3, -0.25) is 9.52 Å². The minimum atomic E-state index is -3.90. The summed E-state index contributed by atoms with van der Waals surface area (Å²) in [7, 11) is -0.150. The van der Waals surface area contributed by atoms with Crippen LogP contribution in [0.3, 0.4) is 0 Å². The zero-order chi connectivity index (χ0) is 17.2. The van der Waals surface area contributed by atoms with Crippen molar-refractivity contribution >= 4 is 27.3 Å². The molecule has 8 heteroatoms. The van der Waals surface area contributed by atoms with Gasteiger partial charge in [-0.15, -0.1) is 0 Å². The van der Waals surface area contributed by atoms with Gasteiger partial charge in [0.2, 0.25) is 0 Å². The van der Waals surface area contributed by atoms with Gasteiger partial charge in [-0.05, 0) is 42.5 Å². The number of benzene rings is 2. The highest BCUT2D eigenvalue weighted by atomic mass is 32.2. The van der Waals surface area contributed by atoms with Crippen molar-refractivity contribution < 1.29 is 18.3 Å². The van der Waals surface area contributed by atoms with Crippen molar-refractivity contribution in [2.24, 2.45) is 5.73 Å². The first kappa shape index (κ1) is 16.6. The monoisotopic (exact) mass is 335 g/mol. The predicted octanol–water partition coefficient (Wildman–Crippen LogP) is 1.36. The Balaban J connectivity index is 2.32. The first-order valence-electron chi connectivity index (χ1n) is 6.64. The van der Waals surface area contributed by atoms with E-state index in [1.807, 2.05) is 19.0 Å². The molecule has 0 fully saturated rings. The average Bonchev–Trinajstić information content (AvgIpc) is 2.47. The molecule has 0 saturated carbocycles. The van der Waals surface area contributed by atoms with E-state index in [0.717, 1.165) is 17.8 Å². The van der Waals surface area contributed by atoms with Crippen LogP contribution in [-0.4, -0.2) is 33.5 Å². The fourth-order valence-electron chi connectivity index (χ4n) is 1.92. The van der Waals surface area contributed by atoms with E-state index < -0.39 is 15.9 Å². The summed E-state index contributed by atoms with van der Waals surface area (Å²) in [6.07, 6.45) is 0. The number of carbonyl (C=O) groups is 1. The number of primary amides is 1. The second kappa shape index (κ2) is 6.17. The van der Waals surface area contributed by atoms with E-state index in [9.17, 15) is 18.3 Å². The van der Waals surface area contributed by atoms with Crippen LogP contribution in [-0.2, 0) is 10.0 Å². The second-order valence-electron chi connectivity index (χ2n) is 5.09. The van der Waals surface area contributed by atoms with E-state index in [1.54, 1.807) is 24.3 Å². The number of hydrogen-bond donors (Lipinski definition) is 3. The molecule has 7 nitrogen and oxygen atoms in total. The van der Waals surface area contributed by atoms with Gasteiger partial charge in [0.25, 0.3) is 15.9 Å². The molecule has 2 rings (SSSR count). The molecule has 0 saturated heterocycles. The lowest BCUT2D eigenvalue weighted by molar-refractivity contribution is 0.0997. The molecule has 0 bridgehead atoms. The normalized spacial score (nSPS) is 11.0. The van der Waals surface area contributed by atoms with E-state index in [4.69, 9.17) is 5.73 Å². The number of aromatic hydroxyl groups is 1. The summed E-state index contributed by atoms with van der Waals surface area (Å²) < 4.78 is 27.1. The van der Waals surface area contributed by atoms with E-state index >= 15 is 0 Å². The molecule has 0 spiro atoms. The van der Waals surface area contributed by atoms with E-state index in [2.05, 4.69) is 4.72 Å². The van der Waals surface area contributed by atoms with Crippen molar-refractivity contribution in [3.63, 3.8) is 0 Å². The Morgan fingerprint density at radius 2 is 1.74 bits per heavy atom. The number of nitrogens with two attached hydrogens (primary N) is 1. The van der Waals surface area contributed by atoms with Gasteiger partial charge in [-0.25, -0.2) is 8.42 Å². The molecule has 0 aliphatic heterocycles. The lowest BCUT2D eigenvalue weighted by atomic mass is 10.2. The molecule has 0 aliphatic rings. The molecule has 4 N–H and O–H groups in total. The average molecular weight is 335 g/mol. The quantitative estimate of drug-likeness (QED) is 0.763. The number of amides is 1. The fourth-order valence-corrected chi connectivity index (χ4v) is 3.01. The molecule has 0 heterocycles. The van der Waals surface area contributed by atoms with Gasteiger partial charge in [0.15, 0.2) is 0 Å². The number of rotatable bonds is 5. The first-order valence-corrected chi connectivity index (χ1v) is 8.12. The number of carbonyl (C=O) groups excluding carboxylic acids is 1. The Morgan fingerprint density at radius 1 is 1.13 bits per heavy atom. The van der Waals surface area contributed by atoms with Gasteiger partial charge in [-0.1, -0.05) is 0 Å². The highest BCUT2D eigenvalue weighted by molar-refractivity contribution is 7.92. The van der Waals surface area contributed by atoms with Crippen molar-refractivity contribution in [1.29, 1.82) is 0 Å². The van der Waals surface area contributed by atoms with Gasteiger partial charge in [0, 0.05) is 25.5 Å². The molecule has 122 valence electrons. The van der Waals surface area contributed by atoms with Crippen LogP contribution in [0.2, 0.25) is 0 Å². The second-order valence-corrected chi connectivity index (χ2v) is 6.77. The molecule has 0 aromatic heterocycles. The standard InChI is InChI=1S/C15H17N3O4S/c1-18(2)11-5-3-10(4-6-11)17-23(21,22)12-7-8-14(19)13(9-12)15(16)20/h3-9,17,19H,1-2H3,(H2,16,20). The lowest BCUT2D eigenvalue weighted by Gasteiger charge is -2.14. The largest absolute Gasteiger partial charge is 0.507 e. The summed E-state index contributed by atoms with van der Waals surface area (Å²) in [5.74, 6) is -1.28. The smallest absolute Gasteiger partial charge is 0.261 e. The van der Waals surface area contributed by atoms with Crippen LogP contribution in [0.5, 0.6) is 5.75 Å². The minimum absolute atomic E-state index is 0.166. The van der Waals surface area contributed by atoms with Gasteiger partial charge in [0.05, 0.1) is 10.5 Å². The zero-order valence-corrected chi connectivity index (χ0v) is 13.5. The summed E-state index contributed by atoms with van der Waals surface area (Å²) in [6, 6.07) is 10.1. The Labute approximate surface area is 134 Å². The molecule has 0 aliphatic carbocycles. The van der Waals surface area contributed by atoms with E-state index in [-0.39, 0.29) is 16.2 Å². The Bertz CT molecular complexity index is 830. The maximum absolute atomic E-state index is 12.4. The lowest BCUT2D eigenvalue weighted by Crippen LogP contribution is -2.16. The summed E-state index contributed by atoms with van der Waals surface area (Å²) in [6.45, 7) is 0. The summed E-state index contributed by atoms with van der Waals surface area (Å²) >= 11 is 0. The molecule has 2 aromatic rings. The maximum Gasteiger partial charge on any atom is 0.261 e. The molecule has 0 radical (unpaired) electrons. The highest BCUT2D eigenvalue weighted by Gasteiger charge is 2.18. The predicted molar refractivity (Wildman–Crippen MR) is 88.2 cm³/mol. The van der Waals surface area contributed by atoms with Crippen LogP contribution in [0.4, 0.5) is 11.4 Å². The molecule has 1 amide bonds. The molecule has 23 heavy (non-hydrogen) atoms. The molecular formula is C15H17N3O4S. The molecular weight excluding hydrogens is 318 g/mol. The first-order chi connectivity index (χ1) is 10.7. The number of nitrogens with zero attached hydrogens (tertiary/aromatic N) is 1. The number of hydrogen-bond acceptors (Lipinski definition) is 5. The van der Waals surface area contributed by atoms with Crippen LogP contribution in [0, 0.1) is 0 Å². The maximum atomic E-state index is 12.4. The van der Waals surface area contributed by atoms with Gasteiger partial charge >= 0.3 is 0 Å². The SMILES string of the molecule is CN(C)c1ccc(NS(=O)(=O)c2ccc(O)c(C(N)=O)c2)cc1. The number of phenols is 1. The highest BCUT2D eigenvalue weighted by Crippen LogP contribution is 2.23. The van der Waals surface area contributed by atoms with Crippen LogP contribution >= 0.6 is 0 Å². The zero-order valence-electron chi connectivity index (χ0n) is 12.6. The van der Waals surface area contributed by atoms with Crippen molar-refractivity contribution in [2.45, 2.75) is 4.90 Å². The van der Waals surface area contributed by atoms with Crippen LogP contribution in [0.15, 0.2) is 47.4 Å². The topological polar surface area (TPSA) is 113 Å². The summed E-state index contributed by atoms with van der Waals surface area (Å²) in [5, 5.41) is 9.52. The molecule has 2 aromatic carbocycles. The van der Waals surface area contributed by atoms with Crippen molar-refractivity contribution in [3.05, 3.63) is 48.0 Å².